The summed E-state index contributed by atoms with van der Waals surface area (Å²) in [5, 5.41) is 5.96. The summed E-state index contributed by atoms with van der Waals surface area (Å²) in [5.74, 6) is 0. The Kier molecular flexibility index (Phi) is 6.23. The number of hydrogen-bond donors (Lipinski definition) is 0. The zero-order valence-corrected chi connectivity index (χ0v) is 25.0. The Morgan fingerprint density at radius 1 is 0.389 bits per heavy atom. The number of hydrogen-bond acceptors (Lipinski definition) is 1. The largest absolute Gasteiger partial charge is 0.442 e. The summed E-state index contributed by atoms with van der Waals surface area (Å²) < 4.78 is 7.98. The topological polar surface area (TPSA) is 9.23 Å². The van der Waals surface area contributed by atoms with Gasteiger partial charge in [-0.15, -0.1) is 0 Å². The van der Waals surface area contributed by atoms with Crippen LogP contribution in [0.5, 0.6) is 0 Å². The molecule has 3 heteroatoms. The monoisotopic (exact) mass is 506 g/mol. The molecule has 4 aromatic carbocycles. The highest BCUT2D eigenvalue weighted by atomic mass is 28.5. The van der Waals surface area contributed by atoms with E-state index in [-0.39, 0.29) is 0 Å². The Bertz CT molecular complexity index is 1180. The normalized spacial score (nSPS) is 16.0. The summed E-state index contributed by atoms with van der Waals surface area (Å²) in [6.45, 7) is 18.3. The Morgan fingerprint density at radius 3 is 0.722 bits per heavy atom. The van der Waals surface area contributed by atoms with Crippen LogP contribution in [0.15, 0.2) is 72.8 Å². The molecule has 0 N–H and O–H groups in total. The van der Waals surface area contributed by atoms with Gasteiger partial charge in [-0.2, -0.15) is 0 Å². The maximum atomic E-state index is 7.98. The van der Waals surface area contributed by atoms with Gasteiger partial charge in [-0.05, 0) is 121 Å². The molecule has 1 aliphatic rings. The van der Waals surface area contributed by atoms with Gasteiger partial charge in [-0.25, -0.2) is 0 Å². The van der Waals surface area contributed by atoms with Crippen molar-refractivity contribution in [3.63, 3.8) is 0 Å². The fraction of sp³-hybridized carbons (Fsp3) is 0.273. The zero-order valence-electron chi connectivity index (χ0n) is 23.0. The molecule has 184 valence electrons. The molecule has 1 heterocycles. The van der Waals surface area contributed by atoms with E-state index in [4.69, 9.17) is 4.12 Å². The van der Waals surface area contributed by atoms with Crippen molar-refractivity contribution in [2.75, 3.05) is 0 Å². The molecule has 0 atom stereocenters. The molecule has 1 fully saturated rings. The van der Waals surface area contributed by atoms with Crippen LogP contribution in [0.4, 0.5) is 0 Å². The van der Waals surface area contributed by atoms with Crippen molar-refractivity contribution in [3.8, 4) is 0 Å². The smallest absolute Gasteiger partial charge is 0.246 e. The third-order valence-corrected chi connectivity index (χ3v) is 21.5. The molecular weight excluding hydrogens is 469 g/mol. The highest BCUT2D eigenvalue weighted by Crippen LogP contribution is 2.40. The molecule has 0 spiro atoms. The molecule has 5 rings (SSSR count). The van der Waals surface area contributed by atoms with Gasteiger partial charge in [0.1, 0.15) is 0 Å². The fourth-order valence-corrected chi connectivity index (χ4v) is 23.1. The molecular formula is C33H38OSi2. The van der Waals surface area contributed by atoms with E-state index in [1.54, 1.807) is 0 Å². The van der Waals surface area contributed by atoms with E-state index in [9.17, 15) is 0 Å². The summed E-state index contributed by atoms with van der Waals surface area (Å²) in [6, 6.07) is 27.1. The van der Waals surface area contributed by atoms with Crippen molar-refractivity contribution in [1.82, 2.24) is 0 Å². The molecule has 0 amide bonds. The SMILES string of the molecule is Cc1cccc(C)c1[Si]1(c2c(C)cccc2C)C[Si](c2c(C)cccc2C)(c2c(C)cccc2C)O1. The van der Waals surface area contributed by atoms with E-state index in [0.717, 1.165) is 5.67 Å². The van der Waals surface area contributed by atoms with Crippen LogP contribution in [0, 0.1) is 55.4 Å². The Morgan fingerprint density at radius 2 is 0.556 bits per heavy atom. The average Bonchev–Trinajstić information content (AvgIpc) is 2.77. The molecule has 0 aromatic heterocycles. The minimum absolute atomic E-state index is 1.15. The Labute approximate surface area is 219 Å². The van der Waals surface area contributed by atoms with E-state index in [0.29, 0.717) is 0 Å². The first-order chi connectivity index (χ1) is 17.1. The molecule has 36 heavy (non-hydrogen) atoms. The van der Waals surface area contributed by atoms with Crippen LogP contribution in [0.3, 0.4) is 0 Å². The first-order valence-corrected chi connectivity index (χ1v) is 17.3. The number of rotatable bonds is 4. The summed E-state index contributed by atoms with van der Waals surface area (Å²) in [4.78, 5) is 0. The molecule has 1 nitrogen and oxygen atoms in total. The van der Waals surface area contributed by atoms with E-state index in [1.807, 2.05) is 0 Å². The highest BCUT2D eigenvalue weighted by molar-refractivity contribution is 7.24. The van der Waals surface area contributed by atoms with E-state index in [2.05, 4.69) is 128 Å². The Balaban J connectivity index is 1.87. The van der Waals surface area contributed by atoms with Gasteiger partial charge >= 0.3 is 0 Å². The van der Waals surface area contributed by atoms with E-state index >= 15 is 0 Å². The van der Waals surface area contributed by atoms with Crippen LogP contribution < -0.4 is 20.7 Å². The van der Waals surface area contributed by atoms with Crippen LogP contribution in [0.1, 0.15) is 44.5 Å². The van der Waals surface area contributed by atoms with E-state index < -0.39 is 16.6 Å². The lowest BCUT2D eigenvalue weighted by Gasteiger charge is -2.57. The van der Waals surface area contributed by atoms with Gasteiger partial charge in [-0.1, -0.05) is 72.8 Å². The average molecular weight is 507 g/mol. The van der Waals surface area contributed by atoms with Crippen LogP contribution in [0.2, 0.25) is 5.67 Å². The van der Waals surface area contributed by atoms with Crippen molar-refractivity contribution >= 4 is 37.4 Å². The Hall–Kier alpha value is -2.73. The predicted octanol–water partition coefficient (Wildman–Crippen LogP) is 5.54. The van der Waals surface area contributed by atoms with E-state index in [1.165, 1.54) is 65.3 Å². The van der Waals surface area contributed by atoms with Gasteiger partial charge < -0.3 is 4.12 Å². The quantitative estimate of drug-likeness (QED) is 0.330. The summed E-state index contributed by atoms with van der Waals surface area (Å²) in [7, 11) is -5.01. The van der Waals surface area contributed by atoms with Crippen molar-refractivity contribution in [1.29, 1.82) is 0 Å². The van der Waals surface area contributed by atoms with Gasteiger partial charge in [0.2, 0.25) is 16.6 Å². The van der Waals surface area contributed by atoms with Crippen LogP contribution in [0.25, 0.3) is 0 Å². The second-order valence-corrected chi connectivity index (χ2v) is 18.5. The molecule has 0 aliphatic carbocycles. The second-order valence-electron chi connectivity index (χ2n) is 11.0. The van der Waals surface area contributed by atoms with Crippen LogP contribution in [-0.4, -0.2) is 16.6 Å². The molecule has 0 radical (unpaired) electrons. The molecule has 0 unspecified atom stereocenters. The van der Waals surface area contributed by atoms with Gasteiger partial charge in [0.25, 0.3) is 0 Å². The maximum absolute atomic E-state index is 7.98. The van der Waals surface area contributed by atoms with Crippen molar-refractivity contribution in [2.24, 2.45) is 0 Å². The predicted molar refractivity (Wildman–Crippen MR) is 160 cm³/mol. The summed E-state index contributed by atoms with van der Waals surface area (Å²) in [6.07, 6.45) is 0. The standard InChI is InChI=1S/C33H38OSi2/c1-22-13-9-14-23(2)30(22)35(31-24(3)15-10-16-25(31)4)21-36(34-35,32-26(5)17-11-18-27(32)6)33-28(7)19-12-20-29(33)8/h9-20H,21H2,1-8H3. The minimum atomic E-state index is -2.50. The third kappa shape index (κ3) is 3.60. The second kappa shape index (κ2) is 8.98. The molecule has 0 bridgehead atoms. The molecule has 1 saturated heterocycles. The summed E-state index contributed by atoms with van der Waals surface area (Å²) >= 11 is 0. The minimum Gasteiger partial charge on any atom is -0.442 e. The lowest BCUT2D eigenvalue weighted by molar-refractivity contribution is 0.532. The lowest BCUT2D eigenvalue weighted by Crippen LogP contribution is -2.87. The van der Waals surface area contributed by atoms with Gasteiger partial charge in [-0.3, -0.25) is 0 Å². The van der Waals surface area contributed by atoms with Gasteiger partial charge in [0.05, 0.1) is 0 Å². The van der Waals surface area contributed by atoms with Gasteiger partial charge in [0, 0.05) is 5.67 Å². The first kappa shape index (κ1) is 24.9. The molecule has 4 aromatic rings. The van der Waals surface area contributed by atoms with Crippen molar-refractivity contribution in [3.05, 3.63) is 117 Å². The fourth-order valence-electron chi connectivity index (χ4n) is 7.25. The summed E-state index contributed by atoms with van der Waals surface area (Å²) in [5.41, 5.74) is 12.1. The van der Waals surface area contributed by atoms with Crippen molar-refractivity contribution in [2.45, 2.75) is 61.1 Å². The molecule has 1 aliphatic heterocycles. The third-order valence-electron chi connectivity index (χ3n) is 8.39. The number of aryl methyl sites for hydroxylation is 8. The highest BCUT2D eigenvalue weighted by Gasteiger charge is 2.66. The van der Waals surface area contributed by atoms with Crippen LogP contribution in [-0.2, 0) is 4.12 Å². The first-order valence-electron chi connectivity index (χ1n) is 13.1. The maximum Gasteiger partial charge on any atom is 0.246 e. The number of benzene rings is 4. The van der Waals surface area contributed by atoms with Gasteiger partial charge in [0.15, 0.2) is 0 Å². The van der Waals surface area contributed by atoms with Crippen molar-refractivity contribution < 1.29 is 4.12 Å². The van der Waals surface area contributed by atoms with Crippen LogP contribution >= 0.6 is 0 Å². The lowest BCUT2D eigenvalue weighted by atomic mass is 10.1. The zero-order chi connectivity index (χ0) is 25.8. The molecule has 0 saturated carbocycles.